The van der Waals surface area contributed by atoms with E-state index in [1.165, 1.54) is 16.2 Å². The van der Waals surface area contributed by atoms with E-state index in [9.17, 15) is 9.59 Å². The summed E-state index contributed by atoms with van der Waals surface area (Å²) in [6.07, 6.45) is 1.83. The molecule has 1 aromatic carbocycles. The number of aromatic nitrogens is 1. The molecule has 1 fully saturated rings. The second kappa shape index (κ2) is 10.5. The zero-order valence-corrected chi connectivity index (χ0v) is 17.7. The van der Waals surface area contributed by atoms with Gasteiger partial charge in [-0.3, -0.25) is 9.59 Å². The van der Waals surface area contributed by atoms with Crippen molar-refractivity contribution in [2.24, 2.45) is 0 Å². The Morgan fingerprint density at radius 3 is 2.76 bits per heavy atom. The summed E-state index contributed by atoms with van der Waals surface area (Å²) in [7, 11) is 0. The van der Waals surface area contributed by atoms with E-state index in [2.05, 4.69) is 10.3 Å². The molecule has 0 unspecified atom stereocenters. The molecule has 2 amide bonds. The van der Waals surface area contributed by atoms with Crippen LogP contribution >= 0.6 is 11.3 Å². The minimum Gasteiger partial charge on any atom is -0.376 e. The standard InChI is InChI=1S/C21H27N3O4S/c1-15-16(2)29-21(22-15)23-19(25)12-24(11-18-9-6-10-28-18)20(26)14-27-13-17-7-4-3-5-8-17/h3-5,7-8,18H,6,9-14H2,1-2H3,(H,22,23,25)/t18-/m0/s1. The van der Waals surface area contributed by atoms with Crippen molar-refractivity contribution < 1.29 is 19.1 Å². The number of aryl methyl sites for hydroxylation is 2. The molecule has 7 nitrogen and oxygen atoms in total. The molecule has 1 aliphatic rings. The first kappa shape index (κ1) is 21.4. The molecule has 29 heavy (non-hydrogen) atoms. The van der Waals surface area contributed by atoms with E-state index in [0.29, 0.717) is 24.9 Å². The predicted octanol–water partition coefficient (Wildman–Crippen LogP) is 2.92. The fourth-order valence-electron chi connectivity index (χ4n) is 3.07. The lowest BCUT2D eigenvalue weighted by molar-refractivity contribution is -0.140. The summed E-state index contributed by atoms with van der Waals surface area (Å²) in [5, 5.41) is 3.34. The Balaban J connectivity index is 1.55. The summed E-state index contributed by atoms with van der Waals surface area (Å²) in [6, 6.07) is 9.68. The second-order valence-electron chi connectivity index (χ2n) is 7.10. The lowest BCUT2D eigenvalue weighted by atomic mass is 10.2. The number of nitrogens with one attached hydrogen (secondary N) is 1. The van der Waals surface area contributed by atoms with Gasteiger partial charge in [0.2, 0.25) is 11.8 Å². The van der Waals surface area contributed by atoms with E-state index in [1.807, 2.05) is 44.2 Å². The molecular weight excluding hydrogens is 390 g/mol. The van der Waals surface area contributed by atoms with Crippen LogP contribution in [-0.2, 0) is 25.7 Å². The van der Waals surface area contributed by atoms with Crippen LogP contribution in [0, 0.1) is 13.8 Å². The molecule has 0 radical (unpaired) electrons. The predicted molar refractivity (Wildman–Crippen MR) is 112 cm³/mol. The maximum absolute atomic E-state index is 12.7. The summed E-state index contributed by atoms with van der Waals surface area (Å²) >= 11 is 1.43. The minimum absolute atomic E-state index is 0.0368. The first-order valence-electron chi connectivity index (χ1n) is 9.76. The Morgan fingerprint density at radius 1 is 1.31 bits per heavy atom. The van der Waals surface area contributed by atoms with Gasteiger partial charge in [0.25, 0.3) is 0 Å². The highest BCUT2D eigenvalue weighted by Crippen LogP contribution is 2.21. The summed E-state index contributed by atoms with van der Waals surface area (Å²) in [5.41, 5.74) is 1.89. The number of thiazole rings is 1. The highest BCUT2D eigenvalue weighted by atomic mass is 32.1. The number of hydrogen-bond acceptors (Lipinski definition) is 6. The van der Waals surface area contributed by atoms with E-state index in [1.54, 1.807) is 0 Å². The third-order valence-electron chi connectivity index (χ3n) is 4.75. The number of carbonyl (C=O) groups is 2. The summed E-state index contributed by atoms with van der Waals surface area (Å²) in [6.45, 7) is 5.16. The Bertz CT molecular complexity index is 799. The molecule has 0 bridgehead atoms. The average molecular weight is 418 g/mol. The summed E-state index contributed by atoms with van der Waals surface area (Å²) < 4.78 is 11.2. The van der Waals surface area contributed by atoms with Crippen molar-refractivity contribution in [1.29, 1.82) is 0 Å². The Morgan fingerprint density at radius 2 is 2.10 bits per heavy atom. The molecule has 1 aromatic heterocycles. The average Bonchev–Trinajstić information content (AvgIpc) is 3.31. The van der Waals surface area contributed by atoms with Crippen molar-refractivity contribution in [3.05, 3.63) is 46.5 Å². The minimum atomic E-state index is -0.270. The topological polar surface area (TPSA) is 80.8 Å². The zero-order valence-electron chi connectivity index (χ0n) is 16.8. The van der Waals surface area contributed by atoms with Gasteiger partial charge in [0.05, 0.1) is 18.4 Å². The van der Waals surface area contributed by atoms with E-state index in [-0.39, 0.29) is 31.1 Å². The molecule has 1 atom stereocenters. The van der Waals surface area contributed by atoms with Crippen molar-refractivity contribution in [2.75, 3.05) is 31.6 Å². The normalized spacial score (nSPS) is 16.0. The van der Waals surface area contributed by atoms with Gasteiger partial charge in [-0.2, -0.15) is 0 Å². The number of carbonyl (C=O) groups excluding carboxylic acids is 2. The molecule has 1 aliphatic heterocycles. The number of hydrogen-bond donors (Lipinski definition) is 1. The Kier molecular flexibility index (Phi) is 7.74. The van der Waals surface area contributed by atoms with E-state index in [4.69, 9.17) is 9.47 Å². The second-order valence-corrected chi connectivity index (χ2v) is 8.30. The molecule has 0 spiro atoms. The van der Waals surface area contributed by atoms with Gasteiger partial charge in [-0.1, -0.05) is 30.3 Å². The van der Waals surface area contributed by atoms with Crippen molar-refractivity contribution in [1.82, 2.24) is 9.88 Å². The van der Waals surface area contributed by atoms with Gasteiger partial charge in [0.15, 0.2) is 5.13 Å². The largest absolute Gasteiger partial charge is 0.376 e. The number of rotatable bonds is 9. The highest BCUT2D eigenvalue weighted by molar-refractivity contribution is 7.15. The first-order valence-corrected chi connectivity index (χ1v) is 10.6. The number of anilines is 1. The van der Waals surface area contributed by atoms with Crippen molar-refractivity contribution in [2.45, 2.75) is 39.4 Å². The molecule has 2 heterocycles. The molecule has 156 valence electrons. The van der Waals surface area contributed by atoms with Crippen LogP contribution < -0.4 is 5.32 Å². The fraction of sp³-hybridized carbons (Fsp3) is 0.476. The molecule has 1 saturated heterocycles. The molecular formula is C21H27N3O4S. The fourth-order valence-corrected chi connectivity index (χ4v) is 3.90. The van der Waals surface area contributed by atoms with E-state index < -0.39 is 0 Å². The van der Waals surface area contributed by atoms with Gasteiger partial charge in [0.1, 0.15) is 13.2 Å². The van der Waals surface area contributed by atoms with Gasteiger partial charge in [-0.25, -0.2) is 4.98 Å². The summed E-state index contributed by atoms with van der Waals surface area (Å²) in [4.78, 5) is 32.1. The quantitative estimate of drug-likeness (QED) is 0.679. The van der Waals surface area contributed by atoms with Gasteiger partial charge >= 0.3 is 0 Å². The molecule has 8 heteroatoms. The highest BCUT2D eigenvalue weighted by Gasteiger charge is 2.25. The molecule has 1 N–H and O–H groups in total. The van der Waals surface area contributed by atoms with E-state index >= 15 is 0 Å². The molecule has 0 aliphatic carbocycles. The molecule has 3 rings (SSSR count). The van der Waals surface area contributed by atoms with Gasteiger partial charge in [-0.05, 0) is 32.3 Å². The molecule has 2 aromatic rings. The Hall–Kier alpha value is -2.29. The van der Waals surface area contributed by atoms with Gasteiger partial charge in [-0.15, -0.1) is 11.3 Å². The lowest BCUT2D eigenvalue weighted by Crippen LogP contribution is -2.43. The lowest BCUT2D eigenvalue weighted by Gasteiger charge is -2.24. The van der Waals surface area contributed by atoms with Crippen LogP contribution in [0.1, 0.15) is 29.0 Å². The number of amides is 2. The van der Waals surface area contributed by atoms with Crippen LogP contribution in [0.3, 0.4) is 0 Å². The van der Waals surface area contributed by atoms with Crippen LogP contribution in [0.5, 0.6) is 0 Å². The zero-order chi connectivity index (χ0) is 20.6. The van der Waals surface area contributed by atoms with Crippen molar-refractivity contribution >= 4 is 28.3 Å². The maximum Gasteiger partial charge on any atom is 0.249 e. The van der Waals surface area contributed by atoms with Crippen molar-refractivity contribution in [3.63, 3.8) is 0 Å². The van der Waals surface area contributed by atoms with Crippen LogP contribution in [-0.4, -0.2) is 54.1 Å². The first-order chi connectivity index (χ1) is 14.0. The monoisotopic (exact) mass is 417 g/mol. The van der Waals surface area contributed by atoms with E-state index in [0.717, 1.165) is 29.0 Å². The third-order valence-corrected chi connectivity index (χ3v) is 5.74. The van der Waals surface area contributed by atoms with Gasteiger partial charge < -0.3 is 19.7 Å². The van der Waals surface area contributed by atoms with Crippen LogP contribution in [0.15, 0.2) is 30.3 Å². The summed E-state index contributed by atoms with van der Waals surface area (Å²) in [5.74, 6) is -0.494. The number of nitrogens with zero attached hydrogens (tertiary/aromatic N) is 2. The molecule has 0 saturated carbocycles. The number of benzene rings is 1. The SMILES string of the molecule is Cc1nc(NC(=O)CN(C[C@@H]2CCCO2)C(=O)COCc2ccccc2)sc1C. The van der Waals surface area contributed by atoms with Gasteiger partial charge in [0, 0.05) is 18.0 Å². The maximum atomic E-state index is 12.7. The smallest absolute Gasteiger partial charge is 0.249 e. The van der Waals surface area contributed by atoms with Crippen LogP contribution in [0.2, 0.25) is 0 Å². The Labute approximate surface area is 175 Å². The third kappa shape index (κ3) is 6.62. The number of ether oxygens (including phenoxy) is 2. The van der Waals surface area contributed by atoms with Crippen LogP contribution in [0.4, 0.5) is 5.13 Å². The van der Waals surface area contributed by atoms with Crippen molar-refractivity contribution in [3.8, 4) is 0 Å². The van der Waals surface area contributed by atoms with Crippen LogP contribution in [0.25, 0.3) is 0 Å².